The molecule has 0 aromatic carbocycles. The molecule has 2 heterocycles. The van der Waals surface area contributed by atoms with Crippen molar-refractivity contribution in [2.24, 2.45) is 0 Å². The average Bonchev–Trinajstić information content (AvgIpc) is 2.48. The molecule has 1 unspecified atom stereocenters. The number of nitrogens with one attached hydrogen (secondary N) is 1. The number of pyridine rings is 1. The van der Waals surface area contributed by atoms with Gasteiger partial charge in [0.2, 0.25) is 0 Å². The van der Waals surface area contributed by atoms with E-state index in [4.69, 9.17) is 12.2 Å². The lowest BCUT2D eigenvalue weighted by Gasteiger charge is -2.25. The number of hydrogen-bond donors (Lipinski definition) is 1. The smallest absolute Gasteiger partial charge is 0.133 e. The minimum absolute atomic E-state index is 0.898. The topological polar surface area (TPSA) is 24.9 Å². The quantitative estimate of drug-likeness (QED) is 0.847. The monoisotopic (exact) mass is 288 g/mol. The fourth-order valence-electron chi connectivity index (χ4n) is 1.20. The summed E-state index contributed by atoms with van der Waals surface area (Å²) in [6.07, 6.45) is 5.52. The fourth-order valence-corrected chi connectivity index (χ4v) is 4.59. The van der Waals surface area contributed by atoms with Crippen molar-refractivity contribution in [2.45, 2.75) is 5.75 Å². The molecule has 1 aromatic rings. The molecule has 0 saturated heterocycles. The molecule has 2 rings (SSSR count). The summed E-state index contributed by atoms with van der Waals surface area (Å²) in [4.78, 5) is 3.99. The molecule has 5 heteroatoms. The number of thiocarbonyl (C=S) groups is 1. The van der Waals surface area contributed by atoms with E-state index in [9.17, 15) is 0 Å². The molecule has 0 fully saturated rings. The lowest BCUT2D eigenvalue weighted by Crippen LogP contribution is -2.12. The Morgan fingerprint density at radius 3 is 2.71 bits per heavy atom. The average molecular weight is 289 g/mol. The van der Waals surface area contributed by atoms with Gasteiger partial charge in [0.05, 0.1) is 0 Å². The van der Waals surface area contributed by atoms with E-state index < -0.39 is 8.46 Å². The Morgan fingerprint density at radius 2 is 2.14 bits per heavy atom. The lowest BCUT2D eigenvalue weighted by molar-refractivity contribution is 1.27. The molecule has 14 heavy (non-hydrogen) atoms. The number of rotatable bonds is 2. The predicted molar refractivity (Wildman–Crippen MR) is 69.3 cm³/mol. The van der Waals surface area contributed by atoms with Gasteiger partial charge in [-0.1, -0.05) is 12.2 Å². The fraction of sp³-hybridized carbons (Fsp3) is 0.111. The number of nitrogens with zero attached hydrogens (tertiary/aromatic N) is 1. The van der Waals surface area contributed by atoms with Gasteiger partial charge in [0, 0.05) is 24.3 Å². The van der Waals surface area contributed by atoms with E-state index >= 15 is 0 Å². The molecule has 0 aliphatic carbocycles. The van der Waals surface area contributed by atoms with Crippen LogP contribution in [0.2, 0.25) is 0 Å². The molecule has 74 valence electrons. The number of aromatic nitrogens is 1. The van der Waals surface area contributed by atoms with Crippen molar-refractivity contribution >= 4 is 39.8 Å². The lowest BCUT2D eigenvalue weighted by atomic mass is 10.3. The van der Waals surface area contributed by atoms with Gasteiger partial charge in [-0.3, -0.25) is 4.98 Å². The second-order valence-electron chi connectivity index (χ2n) is 2.94. The normalized spacial score (nSPS) is 29.6. The summed E-state index contributed by atoms with van der Waals surface area (Å²) in [6.45, 7) is 0. The van der Waals surface area contributed by atoms with E-state index in [0.717, 1.165) is 10.1 Å². The third-order valence-electron chi connectivity index (χ3n) is 1.92. The Labute approximate surface area is 97.3 Å². The van der Waals surface area contributed by atoms with E-state index in [0.29, 0.717) is 0 Å². The summed E-state index contributed by atoms with van der Waals surface area (Å²) in [5.41, 5.74) is 1.25. The van der Waals surface area contributed by atoms with Gasteiger partial charge in [0.15, 0.2) is 0 Å². The summed E-state index contributed by atoms with van der Waals surface area (Å²) in [5.74, 6) is 0.928. The maximum absolute atomic E-state index is 5.25. The highest BCUT2D eigenvalue weighted by atomic mass is 79.9. The van der Waals surface area contributed by atoms with Crippen molar-refractivity contribution < 1.29 is 0 Å². The largest absolute Gasteiger partial charge is 0.347 e. The first-order chi connectivity index (χ1) is 6.71. The third-order valence-corrected chi connectivity index (χ3v) is 7.93. The van der Waals surface area contributed by atoms with Crippen LogP contribution in [0.3, 0.4) is 0 Å². The minimum Gasteiger partial charge on any atom is -0.347 e. The third kappa shape index (κ3) is 1.99. The highest BCUT2D eigenvalue weighted by molar-refractivity contribution is 9.61. The second kappa shape index (κ2) is 4.00. The Hall–Kier alpha value is -0.390. The van der Waals surface area contributed by atoms with Crippen LogP contribution in [0.4, 0.5) is 0 Å². The van der Waals surface area contributed by atoms with Gasteiger partial charge in [-0.05, 0) is 37.9 Å². The molecule has 1 aliphatic heterocycles. The van der Waals surface area contributed by atoms with Crippen LogP contribution in [0.25, 0.3) is 0 Å². The van der Waals surface area contributed by atoms with Crippen molar-refractivity contribution in [2.75, 3.05) is 0 Å². The van der Waals surface area contributed by atoms with Crippen molar-refractivity contribution in [3.8, 4) is 0 Å². The van der Waals surface area contributed by atoms with Gasteiger partial charge in [0.25, 0.3) is 0 Å². The van der Waals surface area contributed by atoms with Crippen molar-refractivity contribution in [1.29, 1.82) is 0 Å². The molecule has 2 nitrogen and oxygen atoms in total. The van der Waals surface area contributed by atoms with E-state index in [1.165, 1.54) is 5.56 Å². The molecule has 0 amide bonds. The maximum atomic E-state index is 5.25. The van der Waals surface area contributed by atoms with Crippen LogP contribution in [0.1, 0.15) is 5.56 Å². The molecule has 1 N–H and O–H groups in total. The molecule has 1 aliphatic rings. The summed E-state index contributed by atoms with van der Waals surface area (Å²) < 4.78 is 0.898. The van der Waals surface area contributed by atoms with Gasteiger partial charge in [-0.25, -0.2) is 0 Å². The van der Waals surface area contributed by atoms with Gasteiger partial charge >= 0.3 is 0 Å². The minimum atomic E-state index is -1.11. The zero-order valence-electron chi connectivity index (χ0n) is 7.31. The first-order valence-corrected chi connectivity index (χ1v) is 8.19. The van der Waals surface area contributed by atoms with Gasteiger partial charge < -0.3 is 5.32 Å². The first kappa shape index (κ1) is 10.1. The summed E-state index contributed by atoms with van der Waals surface area (Å²) in [5, 5.41) is 5.18. The zero-order chi connectivity index (χ0) is 10.0. The summed E-state index contributed by atoms with van der Waals surface area (Å²) >= 11 is 8.97. The van der Waals surface area contributed by atoms with Crippen LogP contribution in [-0.4, -0.2) is 9.30 Å². The molecule has 0 radical (unpaired) electrons. The zero-order valence-corrected chi connectivity index (χ0v) is 10.5. The Balaban J connectivity index is 2.19. The molecule has 1 atom stereocenters. The highest BCUT2D eigenvalue weighted by Gasteiger charge is 2.26. The maximum Gasteiger partial charge on any atom is 0.133 e. The number of halogens is 1. The Morgan fingerprint density at radius 1 is 1.43 bits per heavy atom. The Bertz CT molecular complexity index is 380. The molecule has 0 spiro atoms. The first-order valence-electron chi connectivity index (χ1n) is 4.07. The van der Waals surface area contributed by atoms with E-state index in [-0.39, 0.29) is 0 Å². The predicted octanol–water partition coefficient (Wildman–Crippen LogP) is 3.06. The number of hydrogen-bond acceptors (Lipinski definition) is 2. The van der Waals surface area contributed by atoms with Crippen molar-refractivity contribution in [3.05, 3.63) is 41.7 Å². The van der Waals surface area contributed by atoms with E-state index in [1.807, 2.05) is 18.3 Å². The summed E-state index contributed by atoms with van der Waals surface area (Å²) in [7, 11) is -1.11. The van der Waals surface area contributed by atoms with Gasteiger partial charge in [-0.2, -0.15) is 0 Å². The molecular formula is C9H9BrN2S2. The molecule has 1 aromatic heterocycles. The Kier molecular flexibility index (Phi) is 2.90. The van der Waals surface area contributed by atoms with E-state index in [1.54, 1.807) is 12.4 Å². The highest BCUT2D eigenvalue weighted by Crippen LogP contribution is 2.62. The molecule has 0 saturated carbocycles. The van der Waals surface area contributed by atoms with Crippen LogP contribution in [0.5, 0.6) is 0 Å². The van der Waals surface area contributed by atoms with Crippen LogP contribution in [-0.2, 0) is 5.75 Å². The van der Waals surface area contributed by atoms with E-state index in [2.05, 4.69) is 30.5 Å². The SMILES string of the molecule is S=C1NC=CS1(Br)Cc1ccncc1. The molecular weight excluding hydrogens is 280 g/mol. The van der Waals surface area contributed by atoms with Crippen LogP contribution in [0.15, 0.2) is 36.1 Å². The van der Waals surface area contributed by atoms with Gasteiger partial charge in [0.1, 0.15) is 4.32 Å². The van der Waals surface area contributed by atoms with Crippen molar-refractivity contribution in [3.63, 3.8) is 0 Å². The van der Waals surface area contributed by atoms with Crippen LogP contribution in [0, 0.1) is 0 Å². The summed E-state index contributed by atoms with van der Waals surface area (Å²) in [6, 6.07) is 4.04. The standard InChI is InChI=1S/C9H9BrN2S2/c10-14(6-5-12-9(14)13)7-8-1-3-11-4-2-8/h1-6H,7H2,(H,12,13). The van der Waals surface area contributed by atoms with Crippen molar-refractivity contribution in [1.82, 2.24) is 10.3 Å². The van der Waals surface area contributed by atoms with Crippen LogP contribution >= 0.6 is 35.5 Å². The molecule has 0 bridgehead atoms. The van der Waals surface area contributed by atoms with Crippen LogP contribution < -0.4 is 5.32 Å². The second-order valence-corrected chi connectivity index (χ2v) is 9.45. The van der Waals surface area contributed by atoms with Gasteiger partial charge in [-0.15, -0.1) is 8.46 Å².